The molecule has 0 amide bonds. The van der Waals surface area contributed by atoms with Crippen molar-refractivity contribution < 1.29 is 0 Å². The summed E-state index contributed by atoms with van der Waals surface area (Å²) < 4.78 is 1.90. The van der Waals surface area contributed by atoms with Crippen LogP contribution >= 0.6 is 0 Å². The Morgan fingerprint density at radius 1 is 1.00 bits per heavy atom. The highest BCUT2D eigenvalue weighted by Gasteiger charge is 2.00. The van der Waals surface area contributed by atoms with Gasteiger partial charge < -0.3 is 0 Å². The van der Waals surface area contributed by atoms with Gasteiger partial charge in [-0.3, -0.25) is 10.1 Å². The summed E-state index contributed by atoms with van der Waals surface area (Å²) in [7, 11) is 0. The molecule has 4 heteroatoms. The first-order chi connectivity index (χ1) is 10.4. The Hall–Kier alpha value is -2.88. The number of hydrazone groups is 1. The highest BCUT2D eigenvalue weighted by molar-refractivity contribution is 5.82. The molecule has 1 N–H and O–H groups in total. The predicted octanol–water partition coefficient (Wildman–Crippen LogP) is 3.38. The number of benzene rings is 2. The zero-order valence-electron chi connectivity index (χ0n) is 11.6. The normalized spacial score (nSPS) is 10.9. The highest BCUT2D eigenvalue weighted by Crippen LogP contribution is 2.09. The molecule has 1 heterocycles. The summed E-state index contributed by atoms with van der Waals surface area (Å²) in [5.74, 6) is 0. The van der Waals surface area contributed by atoms with Gasteiger partial charge in [-0.2, -0.15) is 10.2 Å². The third-order valence-corrected chi connectivity index (χ3v) is 3.12. The smallest absolute Gasteiger partial charge is 0.0665 e. The molecule has 0 unspecified atom stereocenters. The van der Waals surface area contributed by atoms with Gasteiger partial charge in [0.1, 0.15) is 0 Å². The van der Waals surface area contributed by atoms with E-state index in [1.165, 1.54) is 5.56 Å². The SMILES string of the molecule is C(=NNc1ccccc1)c1ccccc1Cn1cccn1. The summed E-state index contributed by atoms with van der Waals surface area (Å²) in [5.41, 5.74) is 6.26. The van der Waals surface area contributed by atoms with Gasteiger partial charge in [-0.1, -0.05) is 42.5 Å². The van der Waals surface area contributed by atoms with Crippen LogP contribution < -0.4 is 5.43 Å². The number of hydrogen-bond acceptors (Lipinski definition) is 3. The molecule has 0 bridgehead atoms. The molecule has 0 fully saturated rings. The van der Waals surface area contributed by atoms with E-state index in [0.29, 0.717) is 0 Å². The summed E-state index contributed by atoms with van der Waals surface area (Å²) in [4.78, 5) is 0. The molecule has 0 saturated carbocycles. The molecule has 0 aliphatic heterocycles. The molecule has 3 aromatic rings. The fraction of sp³-hybridized carbons (Fsp3) is 0.0588. The fourth-order valence-electron chi connectivity index (χ4n) is 2.06. The van der Waals surface area contributed by atoms with Crippen LogP contribution in [0.2, 0.25) is 0 Å². The van der Waals surface area contributed by atoms with E-state index in [1.807, 2.05) is 65.6 Å². The molecule has 2 aromatic carbocycles. The van der Waals surface area contributed by atoms with Crippen molar-refractivity contribution in [2.45, 2.75) is 6.54 Å². The molecular formula is C17H16N4. The van der Waals surface area contributed by atoms with Crippen LogP contribution in [-0.2, 0) is 6.54 Å². The van der Waals surface area contributed by atoms with Crippen LogP contribution in [0.25, 0.3) is 0 Å². The van der Waals surface area contributed by atoms with Crippen molar-refractivity contribution in [2.75, 3.05) is 5.43 Å². The van der Waals surface area contributed by atoms with Gasteiger partial charge in [0.05, 0.1) is 18.4 Å². The maximum atomic E-state index is 4.30. The molecule has 0 spiro atoms. The monoisotopic (exact) mass is 276 g/mol. The van der Waals surface area contributed by atoms with E-state index < -0.39 is 0 Å². The van der Waals surface area contributed by atoms with E-state index in [2.05, 4.69) is 27.8 Å². The Kier molecular flexibility index (Phi) is 4.07. The van der Waals surface area contributed by atoms with Crippen LogP contribution in [0, 0.1) is 0 Å². The van der Waals surface area contributed by atoms with Gasteiger partial charge in [-0.05, 0) is 29.3 Å². The minimum absolute atomic E-state index is 0.737. The number of nitrogens with one attached hydrogen (secondary N) is 1. The second kappa shape index (κ2) is 6.52. The average Bonchev–Trinajstić information content (AvgIpc) is 3.03. The molecule has 21 heavy (non-hydrogen) atoms. The maximum Gasteiger partial charge on any atom is 0.0665 e. The van der Waals surface area contributed by atoms with Gasteiger partial charge in [0.25, 0.3) is 0 Å². The molecule has 1 aromatic heterocycles. The van der Waals surface area contributed by atoms with E-state index in [4.69, 9.17) is 0 Å². The maximum absolute atomic E-state index is 4.30. The lowest BCUT2D eigenvalue weighted by Crippen LogP contribution is -2.03. The largest absolute Gasteiger partial charge is 0.279 e. The van der Waals surface area contributed by atoms with Gasteiger partial charge >= 0.3 is 0 Å². The minimum Gasteiger partial charge on any atom is -0.279 e. The fourth-order valence-corrected chi connectivity index (χ4v) is 2.06. The Morgan fingerprint density at radius 2 is 1.81 bits per heavy atom. The van der Waals surface area contributed by atoms with Gasteiger partial charge in [0.2, 0.25) is 0 Å². The van der Waals surface area contributed by atoms with Crippen LogP contribution in [0.15, 0.2) is 78.2 Å². The van der Waals surface area contributed by atoms with Gasteiger partial charge in [0, 0.05) is 12.4 Å². The summed E-state index contributed by atoms with van der Waals surface area (Å²) >= 11 is 0. The van der Waals surface area contributed by atoms with Crippen molar-refractivity contribution in [1.82, 2.24) is 9.78 Å². The third kappa shape index (κ3) is 3.57. The molecular weight excluding hydrogens is 260 g/mol. The first-order valence-corrected chi connectivity index (χ1v) is 6.81. The molecule has 0 atom stereocenters. The molecule has 104 valence electrons. The first kappa shape index (κ1) is 13.1. The van der Waals surface area contributed by atoms with Crippen LogP contribution in [-0.4, -0.2) is 16.0 Å². The van der Waals surface area contributed by atoms with Crippen LogP contribution in [0.3, 0.4) is 0 Å². The van der Waals surface area contributed by atoms with Gasteiger partial charge in [-0.25, -0.2) is 0 Å². The standard InChI is InChI=1S/C17H16N4/c1-2-9-17(10-3-1)20-18-13-15-7-4-5-8-16(15)14-21-12-6-11-19-21/h1-13,20H,14H2. The van der Waals surface area contributed by atoms with E-state index in [9.17, 15) is 0 Å². The van der Waals surface area contributed by atoms with Crippen molar-refractivity contribution in [3.05, 3.63) is 84.2 Å². The summed E-state index contributed by atoms with van der Waals surface area (Å²) in [5, 5.41) is 8.53. The van der Waals surface area contributed by atoms with Crippen molar-refractivity contribution in [1.29, 1.82) is 0 Å². The van der Waals surface area contributed by atoms with Crippen LogP contribution in [0.4, 0.5) is 5.69 Å². The predicted molar refractivity (Wildman–Crippen MR) is 85.4 cm³/mol. The van der Waals surface area contributed by atoms with E-state index in [-0.39, 0.29) is 0 Å². The number of hydrogen-bond donors (Lipinski definition) is 1. The van der Waals surface area contributed by atoms with Gasteiger partial charge in [0.15, 0.2) is 0 Å². The summed E-state index contributed by atoms with van der Waals surface area (Å²) in [6.07, 6.45) is 5.58. The quantitative estimate of drug-likeness (QED) is 0.573. The average molecular weight is 276 g/mol. The van der Waals surface area contributed by atoms with Crippen LogP contribution in [0.1, 0.15) is 11.1 Å². The van der Waals surface area contributed by atoms with Crippen LogP contribution in [0.5, 0.6) is 0 Å². The first-order valence-electron chi connectivity index (χ1n) is 6.81. The number of rotatable bonds is 5. The second-order valence-corrected chi connectivity index (χ2v) is 4.64. The Morgan fingerprint density at radius 3 is 2.62 bits per heavy atom. The number of para-hydroxylation sites is 1. The number of anilines is 1. The van der Waals surface area contributed by atoms with Crippen molar-refractivity contribution >= 4 is 11.9 Å². The lowest BCUT2D eigenvalue weighted by Gasteiger charge is -2.06. The zero-order chi connectivity index (χ0) is 14.3. The third-order valence-electron chi connectivity index (χ3n) is 3.12. The summed E-state index contributed by atoms with van der Waals surface area (Å²) in [6.45, 7) is 0.737. The van der Waals surface area contributed by atoms with Crippen molar-refractivity contribution in [3.63, 3.8) is 0 Å². The molecule has 0 saturated heterocycles. The Labute approximate surface area is 123 Å². The molecule has 3 rings (SSSR count). The molecule has 0 aliphatic rings. The van der Waals surface area contributed by atoms with E-state index in [1.54, 1.807) is 6.20 Å². The van der Waals surface area contributed by atoms with Gasteiger partial charge in [-0.15, -0.1) is 0 Å². The molecule has 0 aliphatic carbocycles. The number of aromatic nitrogens is 2. The molecule has 0 radical (unpaired) electrons. The van der Waals surface area contributed by atoms with E-state index in [0.717, 1.165) is 17.8 Å². The number of nitrogens with zero attached hydrogens (tertiary/aromatic N) is 3. The lowest BCUT2D eigenvalue weighted by atomic mass is 10.1. The van der Waals surface area contributed by atoms with E-state index >= 15 is 0 Å². The Bertz CT molecular complexity index is 703. The lowest BCUT2D eigenvalue weighted by molar-refractivity contribution is 0.686. The zero-order valence-corrected chi connectivity index (χ0v) is 11.6. The topological polar surface area (TPSA) is 42.2 Å². The Balaban J connectivity index is 1.73. The molecule has 4 nitrogen and oxygen atoms in total. The second-order valence-electron chi connectivity index (χ2n) is 4.64. The highest BCUT2D eigenvalue weighted by atomic mass is 15.3. The van der Waals surface area contributed by atoms with Crippen molar-refractivity contribution in [2.24, 2.45) is 5.10 Å². The minimum atomic E-state index is 0.737. The van der Waals surface area contributed by atoms with Crippen molar-refractivity contribution in [3.8, 4) is 0 Å². The summed E-state index contributed by atoms with van der Waals surface area (Å²) in [6, 6.07) is 20.0.